The van der Waals surface area contributed by atoms with Gasteiger partial charge >= 0.3 is 0 Å². The monoisotopic (exact) mass is 452 g/mol. The Labute approximate surface area is 190 Å². The summed E-state index contributed by atoms with van der Waals surface area (Å²) in [5.41, 5.74) is 4.38. The van der Waals surface area contributed by atoms with Crippen molar-refractivity contribution in [2.45, 2.75) is 31.3 Å². The fourth-order valence-corrected chi connectivity index (χ4v) is 5.11. The lowest BCUT2D eigenvalue weighted by atomic mass is 10.1. The van der Waals surface area contributed by atoms with Crippen LogP contribution in [0.2, 0.25) is 0 Å². The zero-order chi connectivity index (χ0) is 21.8. The maximum atomic E-state index is 5.44. The van der Waals surface area contributed by atoms with Crippen molar-refractivity contribution in [1.29, 1.82) is 0 Å². The van der Waals surface area contributed by atoms with Crippen LogP contribution in [0.15, 0.2) is 53.0 Å². The van der Waals surface area contributed by atoms with Crippen molar-refractivity contribution in [3.8, 4) is 33.5 Å². The maximum absolute atomic E-state index is 5.44. The van der Waals surface area contributed by atoms with E-state index < -0.39 is 0 Å². The number of hydrogen-bond acceptors (Lipinski definition) is 7. The highest BCUT2D eigenvalue weighted by Gasteiger charge is 2.16. The number of ether oxygens (including phenoxy) is 2. The summed E-state index contributed by atoms with van der Waals surface area (Å²) in [6, 6.07) is 14.2. The molecule has 0 aliphatic heterocycles. The highest BCUT2D eigenvalue weighted by Crippen LogP contribution is 2.34. The molecule has 31 heavy (non-hydrogen) atoms. The van der Waals surface area contributed by atoms with Gasteiger partial charge in [0.15, 0.2) is 22.5 Å². The van der Waals surface area contributed by atoms with Gasteiger partial charge in [0.05, 0.1) is 19.9 Å². The first-order valence-corrected chi connectivity index (χ1v) is 11.8. The number of thiazole rings is 1. The van der Waals surface area contributed by atoms with Crippen molar-refractivity contribution in [3.05, 3.63) is 59.1 Å². The first kappa shape index (κ1) is 21.4. The molecule has 0 aliphatic carbocycles. The molecule has 4 aromatic rings. The van der Waals surface area contributed by atoms with Gasteiger partial charge in [-0.25, -0.2) is 4.98 Å². The molecule has 0 saturated heterocycles. The van der Waals surface area contributed by atoms with E-state index >= 15 is 0 Å². The van der Waals surface area contributed by atoms with Crippen LogP contribution in [-0.4, -0.2) is 34.0 Å². The third-order valence-electron chi connectivity index (χ3n) is 4.84. The van der Waals surface area contributed by atoms with Crippen molar-refractivity contribution in [3.63, 3.8) is 0 Å². The fourth-order valence-electron chi connectivity index (χ4n) is 3.29. The van der Waals surface area contributed by atoms with E-state index in [1.807, 2.05) is 18.2 Å². The summed E-state index contributed by atoms with van der Waals surface area (Å²) in [6.07, 6.45) is 0. The molecule has 8 heteroatoms. The average molecular weight is 453 g/mol. The van der Waals surface area contributed by atoms with E-state index in [1.54, 1.807) is 37.3 Å². The summed E-state index contributed by atoms with van der Waals surface area (Å²) in [6.45, 7) is 4.96. The number of benzene rings is 2. The van der Waals surface area contributed by atoms with Crippen LogP contribution >= 0.6 is 23.1 Å². The van der Waals surface area contributed by atoms with Gasteiger partial charge in [-0.2, -0.15) is 0 Å². The molecule has 0 amide bonds. The van der Waals surface area contributed by atoms with Crippen LogP contribution in [0.5, 0.6) is 11.5 Å². The standard InChI is InChI=1S/C23H24N4O2S2/c1-5-27-21(16-9-10-19(28-3)20(12-16)29-4)25-26-23(27)31-14-18-13-30-22(24-18)17-8-6-7-15(2)11-17/h6-13H,5,14H2,1-4H3. The van der Waals surface area contributed by atoms with Crippen LogP contribution in [0.4, 0.5) is 0 Å². The minimum absolute atomic E-state index is 0.672. The highest BCUT2D eigenvalue weighted by molar-refractivity contribution is 7.98. The topological polar surface area (TPSA) is 62.1 Å². The Morgan fingerprint density at radius 2 is 1.84 bits per heavy atom. The maximum Gasteiger partial charge on any atom is 0.191 e. The highest BCUT2D eigenvalue weighted by atomic mass is 32.2. The smallest absolute Gasteiger partial charge is 0.191 e. The first-order chi connectivity index (χ1) is 15.1. The van der Waals surface area contributed by atoms with Crippen molar-refractivity contribution in [2.75, 3.05) is 14.2 Å². The molecule has 0 fully saturated rings. The molecule has 2 heterocycles. The molecule has 0 N–H and O–H groups in total. The molecule has 0 bridgehead atoms. The van der Waals surface area contributed by atoms with Crippen LogP contribution in [0, 0.1) is 6.92 Å². The molecule has 6 nitrogen and oxygen atoms in total. The summed E-state index contributed by atoms with van der Waals surface area (Å²) in [4.78, 5) is 4.81. The summed E-state index contributed by atoms with van der Waals surface area (Å²) in [5.74, 6) is 2.92. The van der Waals surface area contributed by atoms with E-state index in [0.717, 1.165) is 45.1 Å². The SMILES string of the molecule is CCn1c(SCc2csc(-c3cccc(C)c3)n2)nnc1-c1ccc(OC)c(OC)c1. The summed E-state index contributed by atoms with van der Waals surface area (Å²) in [7, 11) is 3.26. The van der Waals surface area contributed by atoms with Crippen LogP contribution < -0.4 is 9.47 Å². The Kier molecular flexibility index (Phi) is 6.58. The third-order valence-corrected chi connectivity index (χ3v) is 6.78. The van der Waals surface area contributed by atoms with Gasteiger partial charge in [-0.05, 0) is 38.1 Å². The number of aryl methyl sites for hydroxylation is 1. The lowest BCUT2D eigenvalue weighted by Gasteiger charge is -2.10. The zero-order valence-electron chi connectivity index (χ0n) is 18.0. The minimum atomic E-state index is 0.672. The number of aromatic nitrogens is 4. The lowest BCUT2D eigenvalue weighted by Crippen LogP contribution is -2.00. The number of nitrogens with zero attached hydrogens (tertiary/aromatic N) is 4. The van der Waals surface area contributed by atoms with Gasteiger partial charge < -0.3 is 14.0 Å². The molecular formula is C23H24N4O2S2. The van der Waals surface area contributed by atoms with Gasteiger partial charge in [0, 0.05) is 28.8 Å². The van der Waals surface area contributed by atoms with Gasteiger partial charge in [0.2, 0.25) is 0 Å². The Morgan fingerprint density at radius 3 is 2.58 bits per heavy atom. The quantitative estimate of drug-likeness (QED) is 0.319. The third kappa shape index (κ3) is 4.60. The fraction of sp³-hybridized carbons (Fsp3) is 0.261. The second-order valence-corrected chi connectivity index (χ2v) is 8.72. The van der Waals surface area contributed by atoms with E-state index in [9.17, 15) is 0 Å². The molecular weight excluding hydrogens is 428 g/mol. The average Bonchev–Trinajstić information content (AvgIpc) is 3.44. The van der Waals surface area contributed by atoms with E-state index in [4.69, 9.17) is 14.5 Å². The Bertz CT molecular complexity index is 1190. The van der Waals surface area contributed by atoms with Crippen molar-refractivity contribution < 1.29 is 9.47 Å². The van der Waals surface area contributed by atoms with Gasteiger partial charge in [-0.15, -0.1) is 21.5 Å². The molecule has 0 radical (unpaired) electrons. The van der Waals surface area contributed by atoms with Gasteiger partial charge in [0.25, 0.3) is 0 Å². The van der Waals surface area contributed by atoms with E-state index in [1.165, 1.54) is 5.56 Å². The molecule has 0 spiro atoms. The molecule has 2 aromatic carbocycles. The molecule has 0 atom stereocenters. The minimum Gasteiger partial charge on any atom is -0.493 e. The second-order valence-electron chi connectivity index (χ2n) is 6.92. The molecule has 4 rings (SSSR count). The number of methoxy groups -OCH3 is 2. The van der Waals surface area contributed by atoms with Crippen molar-refractivity contribution in [1.82, 2.24) is 19.7 Å². The molecule has 0 saturated carbocycles. The van der Waals surface area contributed by atoms with Crippen molar-refractivity contribution in [2.24, 2.45) is 0 Å². The number of rotatable bonds is 8. The molecule has 0 aliphatic rings. The Morgan fingerprint density at radius 1 is 1.00 bits per heavy atom. The van der Waals surface area contributed by atoms with E-state index in [2.05, 4.69) is 58.3 Å². The van der Waals surface area contributed by atoms with Gasteiger partial charge in [0.1, 0.15) is 5.01 Å². The lowest BCUT2D eigenvalue weighted by molar-refractivity contribution is 0.355. The van der Waals surface area contributed by atoms with E-state index in [0.29, 0.717) is 11.5 Å². The summed E-state index contributed by atoms with van der Waals surface area (Å²) < 4.78 is 12.9. The van der Waals surface area contributed by atoms with Crippen LogP contribution in [-0.2, 0) is 12.3 Å². The Balaban J connectivity index is 1.53. The normalized spacial score (nSPS) is 11.0. The first-order valence-electron chi connectivity index (χ1n) is 9.92. The number of thioether (sulfide) groups is 1. The summed E-state index contributed by atoms with van der Waals surface area (Å²) in [5, 5.41) is 12.9. The van der Waals surface area contributed by atoms with Crippen LogP contribution in [0.1, 0.15) is 18.2 Å². The van der Waals surface area contributed by atoms with E-state index in [-0.39, 0.29) is 0 Å². The number of hydrogen-bond donors (Lipinski definition) is 0. The molecule has 160 valence electrons. The van der Waals surface area contributed by atoms with Crippen LogP contribution in [0.3, 0.4) is 0 Å². The second kappa shape index (κ2) is 9.53. The largest absolute Gasteiger partial charge is 0.493 e. The predicted octanol–water partition coefficient (Wildman–Crippen LogP) is 5.71. The zero-order valence-corrected chi connectivity index (χ0v) is 19.6. The van der Waals surface area contributed by atoms with Gasteiger partial charge in [-0.3, -0.25) is 0 Å². The van der Waals surface area contributed by atoms with Crippen LogP contribution in [0.25, 0.3) is 22.0 Å². The molecule has 2 aromatic heterocycles. The molecule has 0 unspecified atom stereocenters. The van der Waals surface area contributed by atoms with Gasteiger partial charge in [-0.1, -0.05) is 35.5 Å². The van der Waals surface area contributed by atoms with Crippen molar-refractivity contribution >= 4 is 23.1 Å². The predicted molar refractivity (Wildman–Crippen MR) is 126 cm³/mol. The Hall–Kier alpha value is -2.84. The summed E-state index contributed by atoms with van der Waals surface area (Å²) >= 11 is 3.32.